The van der Waals surface area contributed by atoms with Crippen molar-refractivity contribution in [3.05, 3.63) is 39.0 Å². The van der Waals surface area contributed by atoms with Gasteiger partial charge in [0.05, 0.1) is 17.5 Å². The molecule has 0 bridgehead atoms. The Morgan fingerprint density at radius 1 is 1.03 bits per heavy atom. The third kappa shape index (κ3) is 5.13. The van der Waals surface area contributed by atoms with E-state index >= 15 is 0 Å². The Morgan fingerprint density at radius 3 is 2.24 bits per heavy atom. The summed E-state index contributed by atoms with van der Waals surface area (Å²) >= 11 is 0. The van der Waals surface area contributed by atoms with E-state index in [9.17, 15) is 28.0 Å². The number of nitrogens with zero attached hydrogens (tertiary/aromatic N) is 3. The zero-order valence-electron chi connectivity index (χ0n) is 20.9. The Labute approximate surface area is 212 Å². The Morgan fingerprint density at radius 2 is 1.65 bits per heavy atom. The normalized spacial score (nSPS) is 25.2. The van der Waals surface area contributed by atoms with Crippen LogP contribution >= 0.6 is 0 Å². The largest absolute Gasteiger partial charge is 0.494 e. The minimum atomic E-state index is -2.88. The van der Waals surface area contributed by atoms with Crippen molar-refractivity contribution in [1.82, 2.24) is 19.4 Å². The summed E-state index contributed by atoms with van der Waals surface area (Å²) in [5.41, 5.74) is -0.331. The van der Waals surface area contributed by atoms with Crippen molar-refractivity contribution in [3.8, 4) is 5.75 Å². The standard InChI is InChI=1S/C26H32F2N4O5/c1-2-37-18-7-8-21-19(13-18)23(34)32(25(36)29-21)15-16-3-5-17(6-4-16)22(33)30-9-11-31(12-10-30)24(35)20-14-26(20,27)28/h7-8,13,16-17,20H,2-6,9-12,14-15H2,1H3,(H,29,36). The highest BCUT2D eigenvalue weighted by atomic mass is 19.3. The van der Waals surface area contributed by atoms with Crippen LogP contribution in [0, 0.1) is 17.8 Å². The van der Waals surface area contributed by atoms with Crippen LogP contribution in [0.1, 0.15) is 39.0 Å². The smallest absolute Gasteiger partial charge is 0.328 e. The van der Waals surface area contributed by atoms with Crippen LogP contribution in [0.2, 0.25) is 0 Å². The number of ether oxygens (including phenoxy) is 1. The number of rotatable bonds is 6. The van der Waals surface area contributed by atoms with Gasteiger partial charge >= 0.3 is 5.69 Å². The zero-order valence-corrected chi connectivity index (χ0v) is 20.9. The zero-order chi connectivity index (χ0) is 26.3. The van der Waals surface area contributed by atoms with E-state index in [2.05, 4.69) is 4.98 Å². The van der Waals surface area contributed by atoms with E-state index in [1.54, 1.807) is 23.1 Å². The fourth-order valence-corrected chi connectivity index (χ4v) is 5.61. The Hall–Kier alpha value is -3.24. The first kappa shape index (κ1) is 25.4. The van der Waals surface area contributed by atoms with Gasteiger partial charge in [0, 0.05) is 45.1 Å². The molecule has 5 rings (SSSR count). The molecule has 1 N–H and O–H groups in total. The summed E-state index contributed by atoms with van der Waals surface area (Å²) in [6, 6.07) is 5.03. The van der Waals surface area contributed by atoms with Gasteiger partial charge in [-0.2, -0.15) is 0 Å². The number of alkyl halides is 2. The lowest BCUT2D eigenvalue weighted by molar-refractivity contribution is -0.144. The fourth-order valence-electron chi connectivity index (χ4n) is 5.61. The summed E-state index contributed by atoms with van der Waals surface area (Å²) < 4.78 is 33.2. The number of halogens is 2. The average Bonchev–Trinajstić information content (AvgIpc) is 3.54. The van der Waals surface area contributed by atoms with Crippen LogP contribution in [-0.2, 0) is 16.1 Å². The van der Waals surface area contributed by atoms with Crippen LogP contribution in [0.4, 0.5) is 8.78 Å². The Balaban J connectivity index is 1.16. The molecule has 2 aliphatic carbocycles. The van der Waals surface area contributed by atoms with E-state index in [-0.39, 0.29) is 49.4 Å². The molecule has 1 unspecified atom stereocenters. The summed E-state index contributed by atoms with van der Waals surface area (Å²) in [5.74, 6) is -4.02. The number of carbonyl (C=O) groups is 2. The molecule has 2 heterocycles. The SMILES string of the molecule is CCOc1ccc2[nH]c(=O)n(CC3CCC(C(=O)N4CCN(C(=O)C5CC5(F)F)CC4)CC3)c(=O)c2c1. The van der Waals surface area contributed by atoms with E-state index in [0.29, 0.717) is 62.0 Å². The van der Waals surface area contributed by atoms with Gasteiger partial charge in [-0.15, -0.1) is 0 Å². The second-order valence-corrected chi connectivity index (χ2v) is 10.4. The number of hydrogen-bond donors (Lipinski definition) is 1. The number of carbonyl (C=O) groups excluding carboxylic acids is 2. The minimum absolute atomic E-state index is 0.0338. The number of piperazine rings is 1. The predicted molar refractivity (Wildman–Crippen MR) is 132 cm³/mol. The lowest BCUT2D eigenvalue weighted by Gasteiger charge is -2.38. The summed E-state index contributed by atoms with van der Waals surface area (Å²) in [4.78, 5) is 56.9. The third-order valence-corrected chi connectivity index (χ3v) is 7.93. The van der Waals surface area contributed by atoms with Gasteiger partial charge in [-0.25, -0.2) is 13.6 Å². The molecule has 0 spiro atoms. The molecule has 200 valence electrons. The van der Waals surface area contributed by atoms with Crippen LogP contribution in [-0.4, -0.2) is 69.9 Å². The molecule has 9 nitrogen and oxygen atoms in total. The van der Waals surface area contributed by atoms with Crippen molar-refractivity contribution < 1.29 is 23.1 Å². The summed E-state index contributed by atoms with van der Waals surface area (Å²) in [7, 11) is 0. The van der Waals surface area contributed by atoms with Crippen molar-refractivity contribution in [2.75, 3.05) is 32.8 Å². The molecule has 1 aromatic heterocycles. The molecule has 1 saturated heterocycles. The number of H-pyrrole nitrogens is 1. The highest BCUT2D eigenvalue weighted by Crippen LogP contribution is 2.49. The van der Waals surface area contributed by atoms with Gasteiger partial charge in [0.2, 0.25) is 11.8 Å². The van der Waals surface area contributed by atoms with Crippen molar-refractivity contribution >= 4 is 22.7 Å². The average molecular weight is 519 g/mol. The molecular formula is C26H32F2N4O5. The van der Waals surface area contributed by atoms with Gasteiger partial charge in [0.1, 0.15) is 11.7 Å². The van der Waals surface area contributed by atoms with Gasteiger partial charge in [-0.3, -0.25) is 19.0 Å². The molecule has 11 heteroatoms. The monoisotopic (exact) mass is 518 g/mol. The van der Waals surface area contributed by atoms with E-state index in [4.69, 9.17) is 4.74 Å². The second kappa shape index (κ2) is 9.90. The number of benzene rings is 1. The van der Waals surface area contributed by atoms with Crippen molar-refractivity contribution in [2.45, 2.75) is 51.5 Å². The van der Waals surface area contributed by atoms with E-state index in [0.717, 1.165) is 0 Å². The van der Waals surface area contributed by atoms with Crippen molar-refractivity contribution in [1.29, 1.82) is 0 Å². The summed E-state index contributed by atoms with van der Waals surface area (Å²) in [6.07, 6.45) is 2.38. The quantitative estimate of drug-likeness (QED) is 0.632. The highest BCUT2D eigenvalue weighted by Gasteiger charge is 2.62. The predicted octanol–water partition coefficient (Wildman–Crippen LogP) is 2.22. The van der Waals surface area contributed by atoms with Gasteiger partial charge in [0.15, 0.2) is 0 Å². The first-order chi connectivity index (χ1) is 17.7. The summed E-state index contributed by atoms with van der Waals surface area (Å²) in [5, 5.41) is 0.400. The van der Waals surface area contributed by atoms with Crippen LogP contribution in [0.15, 0.2) is 27.8 Å². The molecule has 0 radical (unpaired) electrons. The lowest BCUT2D eigenvalue weighted by Crippen LogP contribution is -2.52. The second-order valence-electron chi connectivity index (χ2n) is 10.4. The number of aromatic amines is 1. The maximum atomic E-state index is 13.2. The highest BCUT2D eigenvalue weighted by molar-refractivity contribution is 5.84. The molecule has 3 fully saturated rings. The van der Waals surface area contributed by atoms with E-state index < -0.39 is 23.4 Å². The maximum absolute atomic E-state index is 13.2. The van der Waals surface area contributed by atoms with Gasteiger partial charge in [-0.05, 0) is 56.7 Å². The van der Waals surface area contributed by atoms with Gasteiger partial charge in [0.25, 0.3) is 11.5 Å². The number of fused-ring (bicyclic) bond motifs is 1. The fraction of sp³-hybridized carbons (Fsp3) is 0.615. The molecule has 2 amide bonds. The number of nitrogens with one attached hydrogen (secondary N) is 1. The maximum Gasteiger partial charge on any atom is 0.328 e. The molecule has 3 aliphatic rings. The molecule has 1 aliphatic heterocycles. The first-order valence-corrected chi connectivity index (χ1v) is 13.0. The van der Waals surface area contributed by atoms with Gasteiger partial charge < -0.3 is 19.5 Å². The third-order valence-electron chi connectivity index (χ3n) is 7.93. The molecule has 1 atom stereocenters. The Kier molecular flexibility index (Phi) is 6.80. The van der Waals surface area contributed by atoms with E-state index in [1.165, 1.54) is 9.47 Å². The lowest BCUT2D eigenvalue weighted by atomic mass is 9.81. The Bertz CT molecular complexity index is 1310. The van der Waals surface area contributed by atoms with E-state index in [1.807, 2.05) is 6.92 Å². The van der Waals surface area contributed by atoms with Crippen molar-refractivity contribution in [2.24, 2.45) is 17.8 Å². The molecule has 2 aromatic rings. The summed E-state index contributed by atoms with van der Waals surface area (Å²) in [6.45, 7) is 3.89. The number of hydrogen-bond acceptors (Lipinski definition) is 5. The molecule has 1 aromatic carbocycles. The van der Waals surface area contributed by atoms with Crippen molar-refractivity contribution in [3.63, 3.8) is 0 Å². The van der Waals surface area contributed by atoms with Crippen LogP contribution in [0.3, 0.4) is 0 Å². The topological polar surface area (TPSA) is 105 Å². The molecule has 37 heavy (non-hydrogen) atoms. The molecule has 2 saturated carbocycles. The van der Waals surface area contributed by atoms with Crippen LogP contribution < -0.4 is 16.0 Å². The number of amides is 2. The van der Waals surface area contributed by atoms with Gasteiger partial charge in [-0.1, -0.05) is 0 Å². The van der Waals surface area contributed by atoms with Crippen LogP contribution in [0.25, 0.3) is 10.9 Å². The minimum Gasteiger partial charge on any atom is -0.494 e. The molecular weight excluding hydrogens is 486 g/mol. The number of aromatic nitrogens is 2. The van der Waals surface area contributed by atoms with Crippen LogP contribution in [0.5, 0.6) is 5.75 Å². The first-order valence-electron chi connectivity index (χ1n) is 13.0.